The van der Waals surface area contributed by atoms with Gasteiger partial charge in [-0.05, 0) is 31.2 Å². The van der Waals surface area contributed by atoms with Crippen molar-refractivity contribution in [3.8, 4) is 28.3 Å². The molecule has 0 aliphatic carbocycles. The van der Waals surface area contributed by atoms with Crippen molar-refractivity contribution >= 4 is 43.5 Å². The highest BCUT2D eigenvalue weighted by atomic mass is 32.2. The first kappa shape index (κ1) is 27.1. The minimum Gasteiger partial charge on any atom is -0.455 e. The molecule has 0 bridgehead atoms. The largest absolute Gasteiger partial charge is 0.455 e. The molecule has 3 aromatic carbocycles. The van der Waals surface area contributed by atoms with Crippen molar-refractivity contribution in [3.05, 3.63) is 90.0 Å². The monoisotopic (exact) mass is 584 g/mol. The number of aromatic nitrogens is 4. The number of furan rings is 1. The van der Waals surface area contributed by atoms with Gasteiger partial charge in [0.2, 0.25) is 10.0 Å². The van der Waals surface area contributed by atoms with Crippen molar-refractivity contribution in [2.24, 2.45) is 0 Å². The van der Waals surface area contributed by atoms with Crippen LogP contribution >= 0.6 is 0 Å². The predicted molar refractivity (Wildman–Crippen MR) is 159 cm³/mol. The Balaban J connectivity index is 1.62. The number of halogens is 1. The summed E-state index contributed by atoms with van der Waals surface area (Å²) in [5, 5.41) is 16.1. The summed E-state index contributed by atoms with van der Waals surface area (Å²) in [6.45, 7) is 1.96. The highest BCUT2D eigenvalue weighted by Crippen LogP contribution is 2.41. The molecule has 0 saturated heterocycles. The van der Waals surface area contributed by atoms with Gasteiger partial charge in [0.25, 0.3) is 5.91 Å². The molecule has 0 fully saturated rings. The summed E-state index contributed by atoms with van der Waals surface area (Å²) >= 11 is 0. The molecule has 212 valence electrons. The molecule has 3 aromatic heterocycles. The van der Waals surface area contributed by atoms with Crippen LogP contribution in [0.1, 0.15) is 15.9 Å². The average molecular weight is 585 g/mol. The first-order valence-corrected chi connectivity index (χ1v) is 14.7. The number of nitrogens with one attached hydrogen (secondary N) is 1. The summed E-state index contributed by atoms with van der Waals surface area (Å²) in [4.78, 5) is 13.2. The topological polar surface area (TPSA) is 123 Å². The molecule has 12 heteroatoms. The van der Waals surface area contributed by atoms with E-state index in [1.807, 2.05) is 31.2 Å². The van der Waals surface area contributed by atoms with Crippen molar-refractivity contribution in [2.45, 2.75) is 6.92 Å². The quantitative estimate of drug-likeness (QED) is 0.289. The molecule has 10 nitrogen and oxygen atoms in total. The van der Waals surface area contributed by atoms with E-state index in [1.54, 1.807) is 30.3 Å². The second kappa shape index (κ2) is 10.1. The number of anilines is 1. The smallest absolute Gasteiger partial charge is 0.255 e. The Morgan fingerprint density at radius 2 is 1.79 bits per heavy atom. The predicted octanol–water partition coefficient (Wildman–Crippen LogP) is 5.10. The first-order chi connectivity index (χ1) is 20.1. The average Bonchev–Trinajstić information content (AvgIpc) is 3.58. The Labute approximate surface area is 240 Å². The summed E-state index contributed by atoms with van der Waals surface area (Å²) in [6, 6.07) is 17.2. The van der Waals surface area contributed by atoms with Gasteiger partial charge in [-0.3, -0.25) is 9.10 Å². The Bertz CT molecular complexity index is 2120. The standard InChI is InChI=1S/C30H25FN6O4S/c1-17-8-10-18(11-9-17)29-28(30(38)32-2)21-13-20(25(14-26(21)41-29)36(3)42(4,39)40)19-12-27(35-33-15-19)37-24-7-5-6-23(31)22(24)16-34-37/h5-16H,1-4H3,(H,32,38). The number of amides is 1. The number of aryl methyl sites for hydroxylation is 1. The zero-order chi connectivity index (χ0) is 29.8. The molecule has 1 amide bonds. The van der Waals surface area contributed by atoms with E-state index in [-0.39, 0.29) is 5.91 Å². The lowest BCUT2D eigenvalue weighted by Crippen LogP contribution is -2.25. The zero-order valence-corrected chi connectivity index (χ0v) is 23.9. The molecule has 1 N–H and O–H groups in total. The molecular weight excluding hydrogens is 559 g/mol. The minimum absolute atomic E-state index is 0.292. The second-order valence-electron chi connectivity index (χ2n) is 9.88. The van der Waals surface area contributed by atoms with E-state index in [1.165, 1.54) is 37.2 Å². The van der Waals surface area contributed by atoms with Crippen LogP contribution in [0.4, 0.5) is 10.1 Å². The second-order valence-corrected chi connectivity index (χ2v) is 11.9. The number of benzene rings is 3. The van der Waals surface area contributed by atoms with Crippen molar-refractivity contribution in [1.29, 1.82) is 0 Å². The number of carbonyl (C=O) groups is 1. The molecule has 0 radical (unpaired) electrons. The lowest BCUT2D eigenvalue weighted by molar-refractivity contribution is 0.0964. The van der Waals surface area contributed by atoms with Crippen LogP contribution in [-0.2, 0) is 10.0 Å². The van der Waals surface area contributed by atoms with Crippen LogP contribution in [0.5, 0.6) is 0 Å². The van der Waals surface area contributed by atoms with Gasteiger partial charge in [0.1, 0.15) is 17.2 Å². The minimum atomic E-state index is -3.71. The van der Waals surface area contributed by atoms with E-state index in [0.29, 0.717) is 61.4 Å². The van der Waals surface area contributed by atoms with Crippen LogP contribution in [0, 0.1) is 12.7 Å². The summed E-state index contributed by atoms with van der Waals surface area (Å²) in [5.74, 6) is -0.136. The normalized spacial score (nSPS) is 11.7. The highest BCUT2D eigenvalue weighted by molar-refractivity contribution is 7.92. The Morgan fingerprint density at radius 3 is 2.50 bits per heavy atom. The third kappa shape index (κ3) is 4.55. The fourth-order valence-electron chi connectivity index (χ4n) is 4.87. The maximum absolute atomic E-state index is 14.3. The van der Waals surface area contributed by atoms with Gasteiger partial charge in [0.05, 0.1) is 40.8 Å². The molecule has 3 heterocycles. The van der Waals surface area contributed by atoms with E-state index >= 15 is 0 Å². The number of rotatable bonds is 6. The van der Waals surface area contributed by atoms with Gasteiger partial charge in [-0.2, -0.15) is 10.2 Å². The number of nitrogens with zero attached hydrogens (tertiary/aromatic N) is 5. The summed E-state index contributed by atoms with van der Waals surface area (Å²) in [7, 11) is -0.742. The van der Waals surface area contributed by atoms with Gasteiger partial charge in [-0.1, -0.05) is 35.9 Å². The van der Waals surface area contributed by atoms with Gasteiger partial charge in [0.15, 0.2) is 5.82 Å². The lowest BCUT2D eigenvalue weighted by Gasteiger charge is -2.20. The number of fused-ring (bicyclic) bond motifs is 2. The van der Waals surface area contributed by atoms with Gasteiger partial charge in [-0.15, -0.1) is 5.10 Å². The van der Waals surface area contributed by atoms with Gasteiger partial charge in [-0.25, -0.2) is 17.5 Å². The molecular formula is C30H25FN6O4S. The molecule has 0 saturated carbocycles. The zero-order valence-electron chi connectivity index (χ0n) is 23.1. The van der Waals surface area contributed by atoms with Crippen molar-refractivity contribution in [3.63, 3.8) is 0 Å². The molecule has 0 aliphatic heterocycles. The van der Waals surface area contributed by atoms with Crippen molar-refractivity contribution < 1.29 is 22.0 Å². The van der Waals surface area contributed by atoms with Crippen LogP contribution in [0.2, 0.25) is 0 Å². The van der Waals surface area contributed by atoms with E-state index in [9.17, 15) is 17.6 Å². The van der Waals surface area contributed by atoms with Crippen molar-refractivity contribution in [1.82, 2.24) is 25.3 Å². The lowest BCUT2D eigenvalue weighted by atomic mass is 9.99. The van der Waals surface area contributed by atoms with Crippen LogP contribution in [0.3, 0.4) is 0 Å². The number of carbonyl (C=O) groups excluding carboxylic acids is 1. The molecule has 0 atom stereocenters. The third-order valence-corrected chi connectivity index (χ3v) is 8.33. The van der Waals surface area contributed by atoms with Crippen LogP contribution in [0.25, 0.3) is 50.1 Å². The van der Waals surface area contributed by atoms with Crippen LogP contribution in [0.15, 0.2) is 77.5 Å². The van der Waals surface area contributed by atoms with Crippen LogP contribution in [-0.4, -0.2) is 54.7 Å². The van der Waals surface area contributed by atoms with E-state index in [2.05, 4.69) is 20.6 Å². The molecule has 0 unspecified atom stereocenters. The van der Waals surface area contributed by atoms with E-state index < -0.39 is 15.8 Å². The molecule has 42 heavy (non-hydrogen) atoms. The van der Waals surface area contributed by atoms with Crippen molar-refractivity contribution in [2.75, 3.05) is 24.7 Å². The molecule has 6 rings (SSSR count). The maximum Gasteiger partial charge on any atom is 0.255 e. The van der Waals surface area contributed by atoms with E-state index in [0.717, 1.165) is 16.1 Å². The first-order valence-electron chi connectivity index (χ1n) is 12.9. The SMILES string of the molecule is CNC(=O)c1c(-c2ccc(C)cc2)oc2cc(N(C)S(C)(=O)=O)c(-c3cnnc(-n4ncc5c(F)cccc54)c3)cc12. The maximum atomic E-state index is 14.3. The summed E-state index contributed by atoms with van der Waals surface area (Å²) < 4.78 is 48.6. The molecule has 6 aromatic rings. The Hall–Kier alpha value is -5.10. The number of sulfonamides is 1. The fraction of sp³-hybridized carbons (Fsp3) is 0.133. The van der Waals surface area contributed by atoms with E-state index in [4.69, 9.17) is 4.42 Å². The molecule has 0 aliphatic rings. The molecule has 0 spiro atoms. The van der Waals surface area contributed by atoms with Gasteiger partial charge in [0, 0.05) is 42.2 Å². The van der Waals surface area contributed by atoms with Gasteiger partial charge >= 0.3 is 0 Å². The fourth-order valence-corrected chi connectivity index (χ4v) is 5.37. The number of hydrogen-bond acceptors (Lipinski definition) is 7. The number of hydrogen-bond donors (Lipinski definition) is 1. The highest BCUT2D eigenvalue weighted by Gasteiger charge is 2.26. The van der Waals surface area contributed by atoms with Gasteiger partial charge < -0.3 is 9.73 Å². The Kier molecular flexibility index (Phi) is 6.49. The Morgan fingerprint density at radius 1 is 1.02 bits per heavy atom. The van der Waals surface area contributed by atoms with Crippen LogP contribution < -0.4 is 9.62 Å². The summed E-state index contributed by atoms with van der Waals surface area (Å²) in [6.07, 6.45) is 3.98. The third-order valence-electron chi connectivity index (χ3n) is 7.14. The summed E-state index contributed by atoms with van der Waals surface area (Å²) in [5.41, 5.74) is 4.11.